The van der Waals surface area contributed by atoms with Crippen LogP contribution >= 0.6 is 0 Å². The molecule has 6 aromatic carbocycles. The fourth-order valence-corrected chi connectivity index (χ4v) is 13.0. The first-order chi connectivity index (χ1) is 51.7. The zero-order valence-electron chi connectivity index (χ0n) is 61.7. The highest BCUT2D eigenvalue weighted by Crippen LogP contribution is 2.43. The van der Waals surface area contributed by atoms with Crippen LogP contribution in [-0.4, -0.2) is 144 Å². The molecule has 0 fully saturated rings. The second-order valence-corrected chi connectivity index (χ2v) is 28.4. The van der Waals surface area contributed by atoms with Crippen LogP contribution in [0.1, 0.15) is 146 Å². The van der Waals surface area contributed by atoms with E-state index >= 15 is 0 Å². The first kappa shape index (κ1) is 80.9. The smallest absolute Gasteiger partial charge is 0.305 e. The number of nitrogens with zero attached hydrogens (tertiary/aromatic N) is 4. The molecule has 4 aliphatic rings. The summed E-state index contributed by atoms with van der Waals surface area (Å²) in [5, 5.41) is 20.8. The SMILES string of the molecule is COC(=O)CCCCC(=O)N[C@@H](C)C(=O)C[C@@H](C)C(=O)Nc1cc(CO)cc(COc2cc3c(cc2OC)C(=O)N2c4ccccc4C[C@H]2C=N3)c1.COC(=O)CCCCC(=O)N[C@@H](C)C(=O)C[C@@H](C)C(=O)Nc1cc(COc2cc3c(cc2OC)C(=O)N2c4ccccc4C[C@H]2C=N3)cc(COS(C)(=O)=O)c1. The zero-order valence-corrected chi connectivity index (χ0v) is 62.5. The Balaban J connectivity index is 0.000000250. The minimum absolute atomic E-state index is 0.0413. The van der Waals surface area contributed by atoms with Crippen LogP contribution in [0.5, 0.6) is 23.0 Å². The number of aliphatic imine (C=N–C) groups is 2. The molecular formula is C79H90N8O20S. The van der Waals surface area contributed by atoms with Gasteiger partial charge in [-0.3, -0.25) is 71.9 Å². The number of unbranched alkanes of at least 4 members (excludes halogenated alkanes) is 2. The third-order valence-electron chi connectivity index (χ3n) is 18.5. The number of ether oxygens (including phenoxy) is 6. The molecule has 28 nitrogen and oxygen atoms in total. The Kier molecular flexibility index (Phi) is 28.0. The normalized spacial score (nSPS) is 15.4. The average molecular weight is 1500 g/mol. The largest absolute Gasteiger partial charge is 0.493 e. The molecule has 0 aliphatic carbocycles. The van der Waals surface area contributed by atoms with Crippen LogP contribution < -0.4 is 50.0 Å². The number of aliphatic hydroxyl groups excluding tert-OH is 1. The molecule has 0 bridgehead atoms. The Morgan fingerprint density at radius 1 is 0.519 bits per heavy atom. The molecule has 572 valence electrons. The summed E-state index contributed by atoms with van der Waals surface area (Å²) < 4.78 is 61.3. The average Bonchev–Trinajstić information content (AvgIpc) is 1.61. The fraction of sp³-hybridized carbons (Fsp3) is 0.392. The Hall–Kier alpha value is -11.2. The standard InChI is InChI=1S/C40H46N4O11S.C39H44N4O9/c1-24(14-34(45)25(2)42-37(46)12-8-9-13-38(47)53-4)39(48)43-29-16-26(15-27(17-29)23-55-56(5,50)51)22-54-36-20-32-31(19-35(36)52-3)40(49)44-30(21-41-32)18-28-10-6-7-11-33(28)44;1-23(13-33(45)24(2)41-36(46)11-7-8-12-37(47)51-4)38(48)42-28-15-25(21-44)14-26(16-28)22-52-35-19-31-30(18-34(35)50-3)39(49)43-29(20-40-31)17-27-9-5-6-10-32(27)43/h6-7,10-11,15-17,19-21,24-25,30H,8-9,12-14,18,22-23H2,1-5H3,(H,42,46)(H,43,48);5-6,9-10,14-16,18-20,23-24,29,44H,7-8,11-13,17,21-22H2,1-4H3,(H,41,46)(H,42,48)/t24-,25+,30+;23-,24+,29+/m11/s1. The minimum Gasteiger partial charge on any atom is -0.493 e. The van der Waals surface area contributed by atoms with E-state index in [2.05, 4.69) is 40.7 Å². The summed E-state index contributed by atoms with van der Waals surface area (Å²) in [7, 11) is 1.76. The third-order valence-corrected chi connectivity index (χ3v) is 19.0. The van der Waals surface area contributed by atoms with Crippen LogP contribution in [0.3, 0.4) is 0 Å². The Bertz CT molecular complexity index is 4580. The molecule has 6 amide bonds. The van der Waals surface area contributed by atoms with Gasteiger partial charge in [0.2, 0.25) is 23.6 Å². The van der Waals surface area contributed by atoms with Crippen molar-refractivity contribution in [3.05, 3.63) is 154 Å². The number of hydrogen-bond donors (Lipinski definition) is 5. The summed E-state index contributed by atoms with van der Waals surface area (Å²) in [4.78, 5) is 139. The zero-order chi connectivity index (χ0) is 77.9. The summed E-state index contributed by atoms with van der Waals surface area (Å²) >= 11 is 0. The first-order valence-corrected chi connectivity index (χ1v) is 37.2. The Morgan fingerprint density at radius 2 is 0.907 bits per heavy atom. The number of anilines is 4. The molecule has 0 spiro atoms. The second-order valence-electron chi connectivity index (χ2n) is 26.8. The molecule has 108 heavy (non-hydrogen) atoms. The molecular weight excluding hydrogens is 1410 g/mol. The summed E-state index contributed by atoms with van der Waals surface area (Å²) in [6.07, 6.45) is 8.16. The van der Waals surface area contributed by atoms with Crippen LogP contribution in [0.4, 0.5) is 34.1 Å². The maximum atomic E-state index is 13.8. The molecule has 0 unspecified atom stereocenters. The van der Waals surface area contributed by atoms with Crippen molar-refractivity contribution in [3.8, 4) is 23.0 Å². The van der Waals surface area contributed by atoms with Crippen molar-refractivity contribution in [2.24, 2.45) is 21.8 Å². The number of amides is 6. The Labute approximate surface area is 626 Å². The van der Waals surface area contributed by atoms with Crippen molar-refractivity contribution in [2.45, 2.75) is 155 Å². The maximum absolute atomic E-state index is 13.8. The quantitative estimate of drug-likeness (QED) is 0.0142. The van der Waals surface area contributed by atoms with E-state index in [9.17, 15) is 61.5 Å². The number of fused-ring (bicyclic) bond motifs is 8. The number of rotatable bonds is 34. The topological polar surface area (TPSA) is 369 Å². The van der Waals surface area contributed by atoms with Crippen LogP contribution in [-0.2, 0) is 101 Å². The van der Waals surface area contributed by atoms with Crippen LogP contribution in [0, 0.1) is 11.8 Å². The number of methoxy groups -OCH3 is 4. The van der Waals surface area contributed by atoms with Crippen molar-refractivity contribution in [1.29, 1.82) is 0 Å². The number of nitrogens with one attached hydrogen (secondary N) is 4. The van der Waals surface area contributed by atoms with Crippen molar-refractivity contribution in [1.82, 2.24) is 10.6 Å². The predicted molar refractivity (Wildman–Crippen MR) is 402 cm³/mol. The summed E-state index contributed by atoms with van der Waals surface area (Å²) in [5.74, 6) is -3.44. The molecule has 10 rings (SSSR count). The molecule has 6 atom stereocenters. The lowest BCUT2D eigenvalue weighted by Gasteiger charge is -2.22. The fourth-order valence-electron chi connectivity index (χ4n) is 12.7. The predicted octanol–water partition coefficient (Wildman–Crippen LogP) is 9.64. The number of hydrogen-bond acceptors (Lipinski definition) is 22. The highest BCUT2D eigenvalue weighted by Gasteiger charge is 2.39. The van der Waals surface area contributed by atoms with Gasteiger partial charge in [0, 0.05) is 111 Å². The second kappa shape index (κ2) is 37.4. The molecule has 0 radical (unpaired) electrons. The van der Waals surface area contributed by atoms with E-state index in [0.717, 1.165) is 28.8 Å². The lowest BCUT2D eigenvalue weighted by atomic mass is 9.99. The summed E-state index contributed by atoms with van der Waals surface area (Å²) in [6, 6.07) is 30.0. The molecule has 4 aliphatic heterocycles. The van der Waals surface area contributed by atoms with E-state index in [-0.39, 0.29) is 124 Å². The molecule has 0 aromatic heterocycles. The Morgan fingerprint density at radius 3 is 1.31 bits per heavy atom. The maximum Gasteiger partial charge on any atom is 0.305 e. The van der Waals surface area contributed by atoms with Gasteiger partial charge in [0.25, 0.3) is 21.9 Å². The van der Waals surface area contributed by atoms with Gasteiger partial charge >= 0.3 is 11.9 Å². The van der Waals surface area contributed by atoms with E-state index in [1.165, 1.54) is 28.4 Å². The van der Waals surface area contributed by atoms with Gasteiger partial charge in [0.15, 0.2) is 34.6 Å². The number of carbonyl (C=O) groups excluding carboxylic acids is 10. The van der Waals surface area contributed by atoms with Crippen LogP contribution in [0.25, 0.3) is 0 Å². The summed E-state index contributed by atoms with van der Waals surface area (Å²) in [5.41, 5.74) is 8.31. The molecule has 29 heteroatoms. The highest BCUT2D eigenvalue weighted by atomic mass is 32.2. The lowest BCUT2D eigenvalue weighted by molar-refractivity contribution is -0.141. The summed E-state index contributed by atoms with van der Waals surface area (Å²) in [6.45, 7) is 5.70. The molecule has 0 saturated carbocycles. The number of Topliss-reactive ketones (excluding diaryl/α,β-unsaturated/α-hetero) is 2. The van der Waals surface area contributed by atoms with Gasteiger partial charge in [-0.1, -0.05) is 50.2 Å². The van der Waals surface area contributed by atoms with E-state index in [1.54, 1.807) is 111 Å². The highest BCUT2D eigenvalue weighted by molar-refractivity contribution is 7.85. The number of carbonyl (C=O) groups is 10. The van der Waals surface area contributed by atoms with Gasteiger partial charge in [0.1, 0.15) is 13.2 Å². The lowest BCUT2D eigenvalue weighted by Crippen LogP contribution is -2.39. The van der Waals surface area contributed by atoms with Crippen molar-refractivity contribution >= 4 is 116 Å². The van der Waals surface area contributed by atoms with Gasteiger partial charge in [-0.15, -0.1) is 0 Å². The minimum atomic E-state index is -3.79. The molecule has 6 aromatic rings. The number of aliphatic hydroxyl groups is 1. The van der Waals surface area contributed by atoms with Crippen molar-refractivity contribution < 1.29 is 94.1 Å². The van der Waals surface area contributed by atoms with Crippen LogP contribution in [0.15, 0.2) is 119 Å². The first-order valence-electron chi connectivity index (χ1n) is 35.4. The van der Waals surface area contributed by atoms with Gasteiger partial charge in [0.05, 0.1) is 94.6 Å². The van der Waals surface area contributed by atoms with E-state index < -0.39 is 45.9 Å². The van der Waals surface area contributed by atoms with E-state index in [4.69, 9.17) is 23.1 Å². The van der Waals surface area contributed by atoms with Gasteiger partial charge in [-0.2, -0.15) is 8.42 Å². The number of esters is 2. The van der Waals surface area contributed by atoms with E-state index in [1.807, 2.05) is 48.5 Å². The van der Waals surface area contributed by atoms with E-state index in [0.29, 0.717) is 118 Å². The number of ketones is 2. The molecule has 5 N–H and O–H groups in total. The number of benzene rings is 6. The molecule has 4 heterocycles. The van der Waals surface area contributed by atoms with Crippen molar-refractivity contribution in [3.63, 3.8) is 0 Å². The van der Waals surface area contributed by atoms with Gasteiger partial charge in [-0.05, 0) is 134 Å². The molecule has 0 saturated heterocycles. The van der Waals surface area contributed by atoms with Crippen molar-refractivity contribution in [2.75, 3.05) is 55.1 Å². The van der Waals surface area contributed by atoms with Gasteiger partial charge in [-0.25, -0.2) is 0 Å². The monoisotopic (exact) mass is 1500 g/mol. The van der Waals surface area contributed by atoms with Crippen LogP contribution in [0.2, 0.25) is 0 Å². The number of para-hydroxylation sites is 2. The third kappa shape index (κ3) is 21.5. The van der Waals surface area contributed by atoms with Gasteiger partial charge < -0.3 is 54.8 Å².